The lowest BCUT2D eigenvalue weighted by Crippen LogP contribution is -2.19. The van der Waals surface area contributed by atoms with Gasteiger partial charge in [-0.15, -0.1) is 4.91 Å². The molecule has 25 heavy (non-hydrogen) atoms. The molecule has 0 fully saturated rings. The molecule has 0 aliphatic heterocycles. The molecule has 8 nitrogen and oxygen atoms in total. The number of hydrogen-bond donors (Lipinski definition) is 2. The minimum Gasteiger partial charge on any atom is -0.496 e. The van der Waals surface area contributed by atoms with E-state index >= 15 is 0 Å². The van der Waals surface area contributed by atoms with Gasteiger partial charge in [0.25, 0.3) is 0 Å². The Kier molecular flexibility index (Phi) is 4.70. The van der Waals surface area contributed by atoms with Gasteiger partial charge in [-0.25, -0.2) is 9.78 Å². The topological polar surface area (TPSA) is 106 Å². The van der Waals surface area contributed by atoms with Crippen LogP contribution in [0.5, 0.6) is 5.75 Å². The molecule has 8 heteroatoms. The minimum atomic E-state index is -0.461. The van der Waals surface area contributed by atoms with Crippen molar-refractivity contribution in [3.8, 4) is 17.1 Å². The van der Waals surface area contributed by atoms with Gasteiger partial charge in [0.1, 0.15) is 11.4 Å². The molecule has 0 radical (unpaired) electrons. The Bertz CT molecular complexity index is 893. The molecule has 0 saturated heterocycles. The van der Waals surface area contributed by atoms with Crippen LogP contribution < -0.4 is 15.4 Å². The number of benzene rings is 2. The Morgan fingerprint density at radius 1 is 1.16 bits per heavy atom. The number of rotatable bonds is 5. The second kappa shape index (κ2) is 7.26. The first-order valence-electron chi connectivity index (χ1n) is 7.28. The van der Waals surface area contributed by atoms with Crippen molar-refractivity contribution in [1.29, 1.82) is 0 Å². The summed E-state index contributed by atoms with van der Waals surface area (Å²) in [5.74, 6) is 1.09. The smallest absolute Gasteiger partial charge is 0.323 e. The van der Waals surface area contributed by atoms with E-state index in [1.54, 1.807) is 42.6 Å². The highest BCUT2D eigenvalue weighted by Crippen LogP contribution is 2.32. The number of anilines is 2. The quantitative estimate of drug-likeness (QED) is 0.671. The van der Waals surface area contributed by atoms with E-state index in [0.717, 1.165) is 5.56 Å². The van der Waals surface area contributed by atoms with E-state index in [0.29, 0.717) is 22.9 Å². The molecule has 1 heterocycles. The van der Waals surface area contributed by atoms with Crippen LogP contribution in [-0.2, 0) is 0 Å². The van der Waals surface area contributed by atoms with Crippen molar-refractivity contribution in [1.82, 2.24) is 4.98 Å². The van der Waals surface area contributed by atoms with E-state index in [9.17, 15) is 9.70 Å². The minimum absolute atomic E-state index is 0.232. The molecular formula is C17H14N4O4. The van der Waals surface area contributed by atoms with E-state index in [-0.39, 0.29) is 5.69 Å². The Morgan fingerprint density at radius 3 is 2.64 bits per heavy atom. The van der Waals surface area contributed by atoms with Crippen LogP contribution in [0.3, 0.4) is 0 Å². The Labute approximate surface area is 142 Å². The standard InChI is InChI=1S/C17H14N4O4/c1-24-15-8-12(5-6-14(15)16-9-18-10-25-16)20-17(22)19-11-3-2-4-13(7-11)21-23/h2-10H,1H3,(H2,19,20,22). The van der Waals surface area contributed by atoms with Gasteiger partial charge in [0, 0.05) is 17.4 Å². The summed E-state index contributed by atoms with van der Waals surface area (Å²) >= 11 is 0. The number of urea groups is 1. The maximum absolute atomic E-state index is 12.1. The molecular weight excluding hydrogens is 324 g/mol. The number of nitroso groups, excluding NO2 is 1. The molecule has 1 aromatic heterocycles. The van der Waals surface area contributed by atoms with Crippen LogP contribution in [0, 0.1) is 4.91 Å². The third kappa shape index (κ3) is 3.81. The lowest BCUT2D eigenvalue weighted by atomic mass is 10.1. The van der Waals surface area contributed by atoms with Crippen molar-refractivity contribution in [2.24, 2.45) is 5.18 Å². The van der Waals surface area contributed by atoms with Gasteiger partial charge in [0.2, 0.25) is 0 Å². The van der Waals surface area contributed by atoms with E-state index < -0.39 is 6.03 Å². The Balaban J connectivity index is 1.74. The van der Waals surface area contributed by atoms with E-state index in [2.05, 4.69) is 20.8 Å². The van der Waals surface area contributed by atoms with Gasteiger partial charge >= 0.3 is 6.03 Å². The number of oxazole rings is 1. The molecule has 0 aliphatic carbocycles. The summed E-state index contributed by atoms with van der Waals surface area (Å²) in [7, 11) is 1.52. The number of carbonyl (C=O) groups is 1. The van der Waals surface area contributed by atoms with Gasteiger partial charge in [-0.2, -0.15) is 0 Å². The largest absolute Gasteiger partial charge is 0.496 e. The number of carbonyl (C=O) groups excluding carboxylic acids is 1. The molecule has 0 saturated carbocycles. The number of nitrogens with one attached hydrogen (secondary N) is 2. The second-order valence-corrected chi connectivity index (χ2v) is 5.00. The average Bonchev–Trinajstić information content (AvgIpc) is 3.16. The van der Waals surface area contributed by atoms with Crippen LogP contribution in [0.25, 0.3) is 11.3 Å². The van der Waals surface area contributed by atoms with Crippen LogP contribution in [-0.4, -0.2) is 18.1 Å². The number of nitrogens with zero attached hydrogens (tertiary/aromatic N) is 2. The molecule has 126 valence electrons. The highest BCUT2D eigenvalue weighted by Gasteiger charge is 2.11. The molecule has 2 amide bonds. The monoisotopic (exact) mass is 338 g/mol. The number of amides is 2. The maximum Gasteiger partial charge on any atom is 0.323 e. The zero-order chi connectivity index (χ0) is 17.6. The Hall–Kier alpha value is -3.68. The van der Waals surface area contributed by atoms with E-state index in [4.69, 9.17) is 9.15 Å². The van der Waals surface area contributed by atoms with Crippen molar-refractivity contribution in [3.05, 3.63) is 60.0 Å². The van der Waals surface area contributed by atoms with Gasteiger partial charge in [0.05, 0.1) is 18.9 Å². The lowest BCUT2D eigenvalue weighted by Gasteiger charge is -2.11. The highest BCUT2D eigenvalue weighted by molar-refractivity contribution is 6.00. The van der Waals surface area contributed by atoms with Gasteiger partial charge < -0.3 is 19.8 Å². The normalized spacial score (nSPS) is 10.1. The molecule has 3 rings (SSSR count). The summed E-state index contributed by atoms with van der Waals surface area (Å²) in [6.07, 6.45) is 2.91. The first-order valence-corrected chi connectivity index (χ1v) is 7.28. The van der Waals surface area contributed by atoms with Gasteiger partial charge in [-0.1, -0.05) is 6.07 Å². The van der Waals surface area contributed by atoms with Crippen molar-refractivity contribution >= 4 is 23.1 Å². The summed E-state index contributed by atoms with van der Waals surface area (Å²) < 4.78 is 10.6. The van der Waals surface area contributed by atoms with Gasteiger partial charge in [-0.05, 0) is 35.5 Å². The predicted molar refractivity (Wildman–Crippen MR) is 93.0 cm³/mol. The lowest BCUT2D eigenvalue weighted by molar-refractivity contribution is 0.262. The highest BCUT2D eigenvalue weighted by atomic mass is 16.5. The first kappa shape index (κ1) is 16.2. The number of hydrogen-bond acceptors (Lipinski definition) is 6. The zero-order valence-electron chi connectivity index (χ0n) is 13.2. The zero-order valence-corrected chi connectivity index (χ0v) is 13.2. The molecule has 0 spiro atoms. The fourth-order valence-corrected chi connectivity index (χ4v) is 2.26. The Morgan fingerprint density at radius 2 is 1.96 bits per heavy atom. The number of methoxy groups -OCH3 is 1. The van der Waals surface area contributed by atoms with Crippen LogP contribution in [0.1, 0.15) is 0 Å². The maximum atomic E-state index is 12.1. The first-order chi connectivity index (χ1) is 12.2. The summed E-state index contributed by atoms with van der Waals surface area (Å²) in [6.45, 7) is 0. The summed E-state index contributed by atoms with van der Waals surface area (Å²) in [6, 6.07) is 11.0. The molecule has 3 aromatic rings. The van der Waals surface area contributed by atoms with Crippen molar-refractivity contribution in [2.45, 2.75) is 0 Å². The van der Waals surface area contributed by atoms with E-state index in [1.807, 2.05) is 0 Å². The van der Waals surface area contributed by atoms with Gasteiger partial charge in [0.15, 0.2) is 12.2 Å². The van der Waals surface area contributed by atoms with E-state index in [1.165, 1.54) is 19.6 Å². The second-order valence-electron chi connectivity index (χ2n) is 5.00. The van der Waals surface area contributed by atoms with Crippen LogP contribution in [0.15, 0.2) is 64.6 Å². The third-order valence-electron chi connectivity index (χ3n) is 3.37. The van der Waals surface area contributed by atoms with Gasteiger partial charge in [-0.3, -0.25) is 0 Å². The molecule has 0 atom stereocenters. The van der Waals surface area contributed by atoms with Crippen LogP contribution in [0.2, 0.25) is 0 Å². The fourth-order valence-electron chi connectivity index (χ4n) is 2.26. The number of aromatic nitrogens is 1. The van der Waals surface area contributed by atoms with Crippen molar-refractivity contribution in [3.63, 3.8) is 0 Å². The molecule has 0 aliphatic rings. The predicted octanol–water partition coefficient (Wildman–Crippen LogP) is 4.39. The SMILES string of the molecule is COc1cc(NC(=O)Nc2cccc(N=O)c2)ccc1-c1cnco1. The van der Waals surface area contributed by atoms with Crippen LogP contribution >= 0.6 is 0 Å². The van der Waals surface area contributed by atoms with Crippen LogP contribution in [0.4, 0.5) is 21.9 Å². The molecule has 2 N–H and O–H groups in total. The molecule has 0 unspecified atom stereocenters. The molecule has 2 aromatic carbocycles. The third-order valence-corrected chi connectivity index (χ3v) is 3.37. The average molecular weight is 338 g/mol. The number of ether oxygens (including phenoxy) is 1. The summed E-state index contributed by atoms with van der Waals surface area (Å²) in [4.78, 5) is 26.5. The van der Waals surface area contributed by atoms with Crippen molar-refractivity contribution in [2.75, 3.05) is 17.7 Å². The molecule has 0 bridgehead atoms. The van der Waals surface area contributed by atoms with Crippen molar-refractivity contribution < 1.29 is 13.9 Å². The summed E-state index contributed by atoms with van der Waals surface area (Å²) in [5.41, 5.74) is 1.94. The fraction of sp³-hybridized carbons (Fsp3) is 0.0588. The summed E-state index contributed by atoms with van der Waals surface area (Å²) in [5, 5.41) is 8.14.